The molecular weight excluding hydrogens is 277 g/mol. The summed E-state index contributed by atoms with van der Waals surface area (Å²) in [4.78, 5) is 13.3. The van der Waals surface area contributed by atoms with Crippen molar-refractivity contribution in [2.24, 2.45) is 0 Å². The highest BCUT2D eigenvalue weighted by molar-refractivity contribution is 6.42. The Morgan fingerprint density at radius 2 is 2.11 bits per heavy atom. The molecule has 0 bridgehead atoms. The third-order valence-corrected chi connectivity index (χ3v) is 3.92. The second-order valence-electron chi connectivity index (χ2n) is 4.26. The maximum absolute atomic E-state index is 11.7. The fraction of sp³-hybridized carbons (Fsp3) is 0.417. The van der Waals surface area contributed by atoms with E-state index in [9.17, 15) is 9.90 Å². The van der Waals surface area contributed by atoms with E-state index in [1.165, 1.54) is 12.1 Å². The van der Waals surface area contributed by atoms with Crippen LogP contribution < -0.4 is 0 Å². The molecule has 0 aliphatic carbocycles. The normalized spacial score (nSPS) is 19.6. The highest BCUT2D eigenvalue weighted by Gasteiger charge is 2.33. The van der Waals surface area contributed by atoms with Gasteiger partial charge in [0, 0.05) is 31.0 Å². The molecule has 1 aliphatic heterocycles. The van der Waals surface area contributed by atoms with Crippen LogP contribution >= 0.6 is 23.2 Å². The highest BCUT2D eigenvalue weighted by Crippen LogP contribution is 2.41. The SMILES string of the molecule is O=C1CC(c2c(O)ccc(Cl)c2Cl)CN1CCO. The smallest absolute Gasteiger partial charge is 0.223 e. The number of β-amino-alcohol motifs (C(OH)–C–C–N with tert-alkyl or cyclic N) is 1. The summed E-state index contributed by atoms with van der Waals surface area (Å²) in [7, 11) is 0. The highest BCUT2D eigenvalue weighted by atomic mass is 35.5. The van der Waals surface area contributed by atoms with Crippen LogP contribution in [0.1, 0.15) is 17.9 Å². The summed E-state index contributed by atoms with van der Waals surface area (Å²) >= 11 is 12.0. The largest absolute Gasteiger partial charge is 0.508 e. The standard InChI is InChI=1S/C12H13Cl2NO3/c13-8-1-2-9(17)11(12(8)14)7-5-10(18)15(6-7)3-4-16/h1-2,7,16-17H,3-6H2. The predicted octanol–water partition coefficient (Wildman–Crippen LogP) is 2.01. The number of amides is 1. The van der Waals surface area contributed by atoms with Crippen LogP contribution in [0.4, 0.5) is 0 Å². The van der Waals surface area contributed by atoms with Gasteiger partial charge < -0.3 is 15.1 Å². The van der Waals surface area contributed by atoms with Gasteiger partial charge >= 0.3 is 0 Å². The predicted molar refractivity (Wildman–Crippen MR) is 69.2 cm³/mol. The van der Waals surface area contributed by atoms with E-state index < -0.39 is 0 Å². The molecule has 1 atom stereocenters. The lowest BCUT2D eigenvalue weighted by molar-refractivity contribution is -0.128. The van der Waals surface area contributed by atoms with Crippen LogP contribution in [0.3, 0.4) is 0 Å². The van der Waals surface area contributed by atoms with Gasteiger partial charge in [0.25, 0.3) is 0 Å². The van der Waals surface area contributed by atoms with Crippen LogP contribution in [0.15, 0.2) is 12.1 Å². The van der Waals surface area contributed by atoms with Crippen LogP contribution in [0.5, 0.6) is 5.75 Å². The van der Waals surface area contributed by atoms with E-state index in [0.29, 0.717) is 28.7 Å². The fourth-order valence-electron chi connectivity index (χ4n) is 2.25. The molecule has 0 saturated carbocycles. The Bertz CT molecular complexity index is 479. The molecule has 1 unspecified atom stereocenters. The Morgan fingerprint density at radius 1 is 1.39 bits per heavy atom. The molecule has 1 aliphatic rings. The summed E-state index contributed by atoms with van der Waals surface area (Å²) in [6, 6.07) is 2.99. The van der Waals surface area contributed by atoms with E-state index in [0.717, 1.165) is 0 Å². The van der Waals surface area contributed by atoms with Gasteiger partial charge in [0.15, 0.2) is 0 Å². The number of benzene rings is 1. The quantitative estimate of drug-likeness (QED) is 0.895. The number of rotatable bonds is 3. The lowest BCUT2D eigenvalue weighted by atomic mass is 9.97. The van der Waals surface area contributed by atoms with E-state index >= 15 is 0 Å². The molecule has 1 heterocycles. The summed E-state index contributed by atoms with van der Waals surface area (Å²) in [6.45, 7) is 0.662. The van der Waals surface area contributed by atoms with Crippen LogP contribution in [0.2, 0.25) is 10.0 Å². The maximum atomic E-state index is 11.7. The molecule has 2 N–H and O–H groups in total. The minimum atomic E-state index is -0.185. The topological polar surface area (TPSA) is 60.8 Å². The van der Waals surface area contributed by atoms with E-state index in [1.807, 2.05) is 0 Å². The van der Waals surface area contributed by atoms with Crippen molar-refractivity contribution in [3.63, 3.8) is 0 Å². The van der Waals surface area contributed by atoms with Gasteiger partial charge in [-0.05, 0) is 12.1 Å². The first kappa shape index (κ1) is 13.5. The van der Waals surface area contributed by atoms with Gasteiger partial charge in [-0.2, -0.15) is 0 Å². The molecule has 0 aromatic heterocycles. The molecule has 0 spiro atoms. The Morgan fingerprint density at radius 3 is 2.78 bits per heavy atom. The Kier molecular flexibility index (Phi) is 4.00. The minimum absolute atomic E-state index is 0.0491. The van der Waals surface area contributed by atoms with Gasteiger partial charge in [-0.3, -0.25) is 4.79 Å². The molecule has 6 heteroatoms. The molecule has 1 aromatic carbocycles. The zero-order chi connectivity index (χ0) is 13.3. The first-order chi connectivity index (χ1) is 8.54. The van der Waals surface area contributed by atoms with Crippen molar-refractivity contribution in [1.82, 2.24) is 4.90 Å². The Balaban J connectivity index is 2.29. The number of nitrogens with zero attached hydrogens (tertiary/aromatic N) is 1. The molecular formula is C12H13Cl2NO3. The number of likely N-dealkylation sites (tertiary alicyclic amines) is 1. The number of aliphatic hydroxyl groups excluding tert-OH is 1. The van der Waals surface area contributed by atoms with Crippen molar-refractivity contribution in [2.75, 3.05) is 19.7 Å². The van der Waals surface area contributed by atoms with E-state index in [1.54, 1.807) is 4.90 Å². The number of hydrogen-bond acceptors (Lipinski definition) is 3. The van der Waals surface area contributed by atoms with Gasteiger partial charge in [-0.25, -0.2) is 0 Å². The average Bonchev–Trinajstić information content (AvgIpc) is 2.67. The van der Waals surface area contributed by atoms with Crippen LogP contribution in [-0.2, 0) is 4.79 Å². The number of aromatic hydroxyl groups is 1. The first-order valence-corrected chi connectivity index (χ1v) is 6.35. The van der Waals surface area contributed by atoms with Crippen molar-refractivity contribution in [3.05, 3.63) is 27.7 Å². The van der Waals surface area contributed by atoms with Crippen molar-refractivity contribution in [3.8, 4) is 5.75 Å². The zero-order valence-electron chi connectivity index (χ0n) is 9.57. The summed E-state index contributed by atoms with van der Waals surface area (Å²) < 4.78 is 0. The van der Waals surface area contributed by atoms with Crippen molar-refractivity contribution >= 4 is 29.1 Å². The number of phenols is 1. The Labute approximate surface area is 115 Å². The van der Waals surface area contributed by atoms with Crippen LogP contribution in [0.25, 0.3) is 0 Å². The monoisotopic (exact) mass is 289 g/mol. The van der Waals surface area contributed by atoms with Gasteiger partial charge in [-0.15, -0.1) is 0 Å². The summed E-state index contributed by atoms with van der Waals surface area (Å²) in [6.07, 6.45) is 0.271. The lowest BCUT2D eigenvalue weighted by Crippen LogP contribution is -2.28. The van der Waals surface area contributed by atoms with E-state index in [-0.39, 0.29) is 30.6 Å². The fourth-order valence-corrected chi connectivity index (χ4v) is 2.73. The lowest BCUT2D eigenvalue weighted by Gasteiger charge is -2.17. The van der Waals surface area contributed by atoms with Crippen molar-refractivity contribution in [2.45, 2.75) is 12.3 Å². The third kappa shape index (κ3) is 2.41. The van der Waals surface area contributed by atoms with Gasteiger partial charge in [0.2, 0.25) is 5.91 Å². The molecule has 1 saturated heterocycles. The minimum Gasteiger partial charge on any atom is -0.508 e. The molecule has 1 fully saturated rings. The van der Waals surface area contributed by atoms with E-state index in [4.69, 9.17) is 28.3 Å². The van der Waals surface area contributed by atoms with Gasteiger partial charge in [0.05, 0.1) is 16.7 Å². The molecule has 1 amide bonds. The number of phenolic OH excluding ortho intramolecular Hbond substituents is 1. The third-order valence-electron chi connectivity index (χ3n) is 3.10. The second kappa shape index (κ2) is 5.34. The molecule has 18 heavy (non-hydrogen) atoms. The summed E-state index contributed by atoms with van der Waals surface area (Å²) in [5.41, 5.74) is 0.512. The van der Waals surface area contributed by atoms with Crippen molar-refractivity contribution in [1.29, 1.82) is 0 Å². The molecule has 0 radical (unpaired) electrons. The van der Waals surface area contributed by atoms with Crippen LogP contribution in [0, 0.1) is 0 Å². The molecule has 98 valence electrons. The van der Waals surface area contributed by atoms with Gasteiger partial charge in [0.1, 0.15) is 5.75 Å². The second-order valence-corrected chi connectivity index (χ2v) is 5.04. The molecule has 2 rings (SSSR count). The molecule has 4 nitrogen and oxygen atoms in total. The van der Waals surface area contributed by atoms with Crippen LogP contribution in [-0.4, -0.2) is 40.7 Å². The number of carbonyl (C=O) groups excluding carboxylic acids is 1. The zero-order valence-corrected chi connectivity index (χ0v) is 11.1. The molecule has 1 aromatic rings. The maximum Gasteiger partial charge on any atom is 0.223 e. The average molecular weight is 290 g/mol. The van der Waals surface area contributed by atoms with Gasteiger partial charge in [-0.1, -0.05) is 23.2 Å². The summed E-state index contributed by atoms with van der Waals surface area (Å²) in [5.74, 6) is -0.187. The number of hydrogen-bond donors (Lipinski definition) is 2. The Hall–Kier alpha value is -0.970. The van der Waals surface area contributed by atoms with Crippen molar-refractivity contribution < 1.29 is 15.0 Å². The first-order valence-electron chi connectivity index (χ1n) is 5.60. The number of aliphatic hydroxyl groups is 1. The number of halogens is 2. The number of carbonyl (C=O) groups is 1. The van der Waals surface area contributed by atoms with E-state index in [2.05, 4.69) is 0 Å². The summed E-state index contributed by atoms with van der Waals surface area (Å²) in [5, 5.41) is 19.4.